The number of carbonyl (C=O) groups is 3. The van der Waals surface area contributed by atoms with E-state index in [-0.39, 0.29) is 6.04 Å². The van der Waals surface area contributed by atoms with Crippen LogP contribution in [0.15, 0.2) is 24.3 Å². The van der Waals surface area contributed by atoms with E-state index in [1.165, 1.54) is 19.1 Å². The highest BCUT2D eigenvalue weighted by atomic mass is 35.5. The maximum Gasteiger partial charge on any atom is 0.331 e. The van der Waals surface area contributed by atoms with E-state index in [1.807, 2.05) is 13.0 Å². The van der Waals surface area contributed by atoms with E-state index < -0.39 is 24.0 Å². The zero-order valence-corrected chi connectivity index (χ0v) is 14.8. The van der Waals surface area contributed by atoms with Crippen molar-refractivity contribution in [3.05, 3.63) is 40.4 Å². The average molecular weight is 353 g/mol. The Morgan fingerprint density at radius 2 is 1.88 bits per heavy atom. The number of aryl methyl sites for hydroxylation is 1. The Bertz CT molecular complexity index is 656. The van der Waals surface area contributed by atoms with Crippen LogP contribution >= 0.6 is 11.6 Å². The lowest BCUT2D eigenvalue weighted by Crippen LogP contribution is -2.46. The van der Waals surface area contributed by atoms with E-state index in [1.54, 1.807) is 26.0 Å². The van der Waals surface area contributed by atoms with Crippen molar-refractivity contribution in [1.82, 2.24) is 10.6 Å². The van der Waals surface area contributed by atoms with Gasteiger partial charge in [-0.15, -0.1) is 0 Å². The van der Waals surface area contributed by atoms with Crippen LogP contribution in [0.4, 0.5) is 4.79 Å². The molecule has 0 bridgehead atoms. The molecular weight excluding hydrogens is 332 g/mol. The Balaban J connectivity index is 2.54. The highest BCUT2D eigenvalue weighted by Crippen LogP contribution is 2.17. The van der Waals surface area contributed by atoms with E-state index in [2.05, 4.69) is 10.6 Å². The molecule has 1 rings (SSSR count). The molecule has 0 aliphatic rings. The summed E-state index contributed by atoms with van der Waals surface area (Å²) >= 11 is 6.00. The van der Waals surface area contributed by atoms with E-state index in [0.29, 0.717) is 5.02 Å². The first-order valence-corrected chi connectivity index (χ1v) is 7.83. The molecule has 0 saturated carbocycles. The molecule has 24 heavy (non-hydrogen) atoms. The van der Waals surface area contributed by atoms with Gasteiger partial charge in [-0.05, 0) is 51.0 Å². The molecule has 1 aromatic rings. The number of ether oxygens (including phenoxy) is 1. The normalized spacial score (nSPS) is 12.1. The number of amides is 3. The van der Waals surface area contributed by atoms with Gasteiger partial charge in [0.2, 0.25) is 0 Å². The van der Waals surface area contributed by atoms with Crippen molar-refractivity contribution in [3.63, 3.8) is 0 Å². The minimum Gasteiger partial charge on any atom is -0.449 e. The summed E-state index contributed by atoms with van der Waals surface area (Å²) in [4.78, 5) is 34.9. The molecule has 0 aliphatic heterocycles. The lowest BCUT2D eigenvalue weighted by atomic mass is 10.1. The van der Waals surface area contributed by atoms with Crippen LogP contribution in [-0.4, -0.2) is 30.1 Å². The fourth-order valence-corrected chi connectivity index (χ4v) is 1.84. The van der Waals surface area contributed by atoms with Gasteiger partial charge in [0.15, 0.2) is 6.10 Å². The molecule has 2 N–H and O–H groups in total. The SMILES string of the molecule is Cc1ccc(/C=C/C(=O)O[C@@H](C)C(=O)NC(=O)NC(C)C)cc1Cl. The molecule has 7 heteroatoms. The van der Waals surface area contributed by atoms with Crippen molar-refractivity contribution in [2.75, 3.05) is 0 Å². The number of imide groups is 1. The third-order valence-corrected chi connectivity index (χ3v) is 3.33. The minimum absolute atomic E-state index is 0.111. The smallest absolute Gasteiger partial charge is 0.331 e. The predicted octanol–water partition coefficient (Wildman–Crippen LogP) is 2.83. The molecule has 1 atom stereocenters. The quantitative estimate of drug-likeness (QED) is 0.630. The van der Waals surface area contributed by atoms with Gasteiger partial charge in [-0.1, -0.05) is 23.7 Å². The molecule has 0 aliphatic carbocycles. The van der Waals surface area contributed by atoms with Crippen LogP contribution in [0.5, 0.6) is 0 Å². The molecular formula is C17H21ClN2O4. The van der Waals surface area contributed by atoms with E-state index >= 15 is 0 Å². The van der Waals surface area contributed by atoms with Crippen molar-refractivity contribution >= 4 is 35.6 Å². The average Bonchev–Trinajstić information content (AvgIpc) is 2.47. The van der Waals surface area contributed by atoms with Gasteiger partial charge >= 0.3 is 12.0 Å². The molecule has 3 amide bonds. The molecule has 130 valence electrons. The molecule has 0 radical (unpaired) electrons. The molecule has 6 nitrogen and oxygen atoms in total. The number of esters is 1. The standard InChI is InChI=1S/C17H21ClN2O4/c1-10(2)19-17(23)20-16(22)12(4)24-15(21)8-7-13-6-5-11(3)14(18)9-13/h5-10,12H,1-4H3,(H2,19,20,22,23)/b8-7+/t12-/m0/s1. The second-order valence-corrected chi connectivity index (χ2v) is 5.95. The van der Waals surface area contributed by atoms with Crippen molar-refractivity contribution in [3.8, 4) is 0 Å². The number of halogens is 1. The van der Waals surface area contributed by atoms with Gasteiger partial charge in [0.25, 0.3) is 5.91 Å². The highest BCUT2D eigenvalue weighted by molar-refractivity contribution is 6.31. The molecule has 0 fully saturated rings. The van der Waals surface area contributed by atoms with Crippen LogP contribution in [0.2, 0.25) is 5.02 Å². The first-order valence-electron chi connectivity index (χ1n) is 7.45. The predicted molar refractivity (Wildman–Crippen MR) is 92.6 cm³/mol. The number of hydrogen-bond donors (Lipinski definition) is 2. The van der Waals surface area contributed by atoms with Gasteiger partial charge in [0.05, 0.1) is 0 Å². The second-order valence-electron chi connectivity index (χ2n) is 5.54. The van der Waals surface area contributed by atoms with E-state index in [4.69, 9.17) is 16.3 Å². The van der Waals surface area contributed by atoms with Gasteiger partial charge in [0.1, 0.15) is 0 Å². The van der Waals surface area contributed by atoms with Gasteiger partial charge in [-0.2, -0.15) is 0 Å². The molecule has 0 aromatic heterocycles. The van der Waals surface area contributed by atoms with Crippen LogP contribution in [-0.2, 0) is 14.3 Å². The zero-order chi connectivity index (χ0) is 18.3. The second kappa shape index (κ2) is 9.08. The lowest BCUT2D eigenvalue weighted by molar-refractivity contribution is -0.149. The van der Waals surface area contributed by atoms with Crippen LogP contribution in [0, 0.1) is 6.92 Å². The van der Waals surface area contributed by atoms with Crippen LogP contribution in [0.25, 0.3) is 6.08 Å². The van der Waals surface area contributed by atoms with Crippen molar-refractivity contribution < 1.29 is 19.1 Å². The number of hydrogen-bond acceptors (Lipinski definition) is 4. The molecule has 0 saturated heterocycles. The zero-order valence-electron chi connectivity index (χ0n) is 14.1. The number of carbonyl (C=O) groups excluding carboxylic acids is 3. The van der Waals surface area contributed by atoms with Crippen molar-refractivity contribution in [1.29, 1.82) is 0 Å². The summed E-state index contributed by atoms with van der Waals surface area (Å²) in [6.45, 7) is 6.78. The van der Waals surface area contributed by atoms with Crippen LogP contribution in [0.1, 0.15) is 31.9 Å². The summed E-state index contributed by atoms with van der Waals surface area (Å²) in [5.74, 6) is -1.40. The topological polar surface area (TPSA) is 84.5 Å². The summed E-state index contributed by atoms with van der Waals surface area (Å²) in [6, 6.07) is 4.60. The van der Waals surface area contributed by atoms with E-state index in [9.17, 15) is 14.4 Å². The number of benzene rings is 1. The summed E-state index contributed by atoms with van der Waals surface area (Å²) in [5, 5.41) is 5.19. The first kappa shape index (κ1) is 19.7. The fourth-order valence-electron chi connectivity index (χ4n) is 1.66. The highest BCUT2D eigenvalue weighted by Gasteiger charge is 2.19. The Kier molecular flexibility index (Phi) is 7.45. The number of nitrogens with one attached hydrogen (secondary N) is 2. The molecule has 0 heterocycles. The fraction of sp³-hybridized carbons (Fsp3) is 0.353. The van der Waals surface area contributed by atoms with Crippen LogP contribution in [0.3, 0.4) is 0 Å². The molecule has 0 unspecified atom stereocenters. The Hall–Kier alpha value is -2.34. The Morgan fingerprint density at radius 1 is 1.21 bits per heavy atom. The van der Waals surface area contributed by atoms with E-state index in [0.717, 1.165) is 11.1 Å². The largest absolute Gasteiger partial charge is 0.449 e. The minimum atomic E-state index is -1.10. The third kappa shape index (κ3) is 6.83. The Morgan fingerprint density at radius 3 is 2.46 bits per heavy atom. The summed E-state index contributed by atoms with van der Waals surface area (Å²) in [5.41, 5.74) is 1.66. The summed E-state index contributed by atoms with van der Waals surface area (Å²) in [7, 11) is 0. The number of urea groups is 1. The number of rotatable bonds is 5. The lowest BCUT2D eigenvalue weighted by Gasteiger charge is -2.13. The molecule has 1 aromatic carbocycles. The third-order valence-electron chi connectivity index (χ3n) is 2.93. The van der Waals surface area contributed by atoms with Gasteiger partial charge in [-0.3, -0.25) is 10.1 Å². The van der Waals surface area contributed by atoms with Crippen molar-refractivity contribution in [2.45, 2.75) is 39.8 Å². The van der Waals surface area contributed by atoms with Crippen LogP contribution < -0.4 is 10.6 Å². The molecule has 0 spiro atoms. The summed E-state index contributed by atoms with van der Waals surface area (Å²) in [6.07, 6.45) is 1.63. The first-order chi connectivity index (χ1) is 11.2. The monoisotopic (exact) mass is 352 g/mol. The summed E-state index contributed by atoms with van der Waals surface area (Å²) < 4.78 is 4.94. The van der Waals surface area contributed by atoms with Gasteiger partial charge in [0, 0.05) is 17.1 Å². The van der Waals surface area contributed by atoms with Gasteiger partial charge < -0.3 is 10.1 Å². The maximum atomic E-state index is 11.7. The Labute approximate surface area is 146 Å². The van der Waals surface area contributed by atoms with Crippen molar-refractivity contribution in [2.24, 2.45) is 0 Å². The van der Waals surface area contributed by atoms with Gasteiger partial charge in [-0.25, -0.2) is 9.59 Å². The maximum absolute atomic E-state index is 11.7.